The van der Waals surface area contributed by atoms with Crippen LogP contribution in [0.5, 0.6) is 0 Å². The van der Waals surface area contributed by atoms with Gasteiger partial charge in [0.05, 0.1) is 30.4 Å². The predicted octanol–water partition coefficient (Wildman–Crippen LogP) is 0.918. The van der Waals surface area contributed by atoms with Crippen LogP contribution in [-0.4, -0.2) is 71.3 Å². The third kappa shape index (κ3) is 7.58. The summed E-state index contributed by atoms with van der Waals surface area (Å²) in [6.07, 6.45) is 3.77. The number of rotatable bonds is 12. The Morgan fingerprint density at radius 2 is 1.94 bits per heavy atom. The minimum atomic E-state index is -0.835. The highest BCUT2D eigenvalue weighted by atomic mass is 32.2. The summed E-state index contributed by atoms with van der Waals surface area (Å²) >= 11 is 2.64. The van der Waals surface area contributed by atoms with Crippen molar-refractivity contribution >= 4 is 46.6 Å². The number of nitrogens with one attached hydrogen (secondary N) is 3. The second kappa shape index (κ2) is 11.1. The Balaban J connectivity index is 1.90. The zero-order chi connectivity index (χ0) is 23.2. The fourth-order valence-electron chi connectivity index (χ4n) is 2.90. The van der Waals surface area contributed by atoms with E-state index < -0.39 is 29.5 Å². The van der Waals surface area contributed by atoms with Crippen molar-refractivity contribution in [2.24, 2.45) is 5.92 Å². The molecule has 11 heteroatoms. The average Bonchev–Trinajstić information content (AvgIpc) is 3.30. The number of epoxide rings is 1. The van der Waals surface area contributed by atoms with Crippen molar-refractivity contribution in [3.63, 3.8) is 0 Å². The first-order valence-electron chi connectivity index (χ1n) is 10.0. The topological polar surface area (TPSA) is 130 Å². The molecule has 31 heavy (non-hydrogen) atoms. The van der Waals surface area contributed by atoms with Crippen molar-refractivity contribution in [2.45, 2.75) is 51.8 Å². The first kappa shape index (κ1) is 25.3. The van der Waals surface area contributed by atoms with Crippen LogP contribution in [0.1, 0.15) is 41.9 Å². The second-order valence-corrected chi connectivity index (χ2v) is 10.2. The first-order chi connectivity index (χ1) is 14.6. The van der Waals surface area contributed by atoms with Crippen molar-refractivity contribution in [1.29, 1.82) is 0 Å². The van der Waals surface area contributed by atoms with Gasteiger partial charge in [-0.3, -0.25) is 19.2 Å². The molecule has 0 aromatic carbocycles. The number of hydrogen-bond acceptors (Lipinski definition) is 8. The van der Waals surface area contributed by atoms with Crippen LogP contribution in [0.15, 0.2) is 6.20 Å². The monoisotopic (exact) mass is 470 g/mol. The molecule has 172 valence electrons. The molecule has 1 saturated heterocycles. The van der Waals surface area contributed by atoms with E-state index in [1.807, 2.05) is 20.1 Å². The molecule has 0 spiro atoms. The molecule has 0 unspecified atom stereocenters. The molecular formula is C20H30N4O5S2. The third-order valence-corrected chi connectivity index (χ3v) is 6.26. The van der Waals surface area contributed by atoms with Gasteiger partial charge in [0.25, 0.3) is 5.91 Å². The zero-order valence-corrected chi connectivity index (χ0v) is 20.1. The van der Waals surface area contributed by atoms with Gasteiger partial charge < -0.3 is 20.7 Å². The number of aryl methyl sites for hydroxylation is 1. The molecule has 1 fully saturated rings. The highest BCUT2D eigenvalue weighted by molar-refractivity contribution is 7.98. The van der Waals surface area contributed by atoms with Gasteiger partial charge in [-0.25, -0.2) is 4.98 Å². The number of carbonyl (C=O) groups excluding carboxylic acids is 4. The van der Waals surface area contributed by atoms with Crippen LogP contribution >= 0.6 is 23.1 Å². The number of ketones is 1. The Kier molecular flexibility index (Phi) is 9.01. The summed E-state index contributed by atoms with van der Waals surface area (Å²) in [4.78, 5) is 54.4. The van der Waals surface area contributed by atoms with Crippen LogP contribution in [0.25, 0.3) is 0 Å². The van der Waals surface area contributed by atoms with Gasteiger partial charge in [0, 0.05) is 5.75 Å². The summed E-state index contributed by atoms with van der Waals surface area (Å²) in [5.41, 5.74) is -0.835. The van der Waals surface area contributed by atoms with Gasteiger partial charge in [-0.2, -0.15) is 11.8 Å². The molecular weight excluding hydrogens is 440 g/mol. The van der Waals surface area contributed by atoms with Gasteiger partial charge in [-0.05, 0) is 32.4 Å². The molecule has 0 bridgehead atoms. The van der Waals surface area contributed by atoms with Crippen molar-refractivity contribution < 1.29 is 23.9 Å². The van der Waals surface area contributed by atoms with Gasteiger partial charge >= 0.3 is 0 Å². The quantitative estimate of drug-likeness (QED) is 0.387. The molecule has 2 heterocycles. The van der Waals surface area contributed by atoms with Crippen molar-refractivity contribution in [3.8, 4) is 0 Å². The number of Topliss-reactive ketones (excluding diaryl/α,β-unsaturated/α-hetero) is 1. The third-order valence-electron chi connectivity index (χ3n) is 4.68. The Labute approximate surface area is 190 Å². The number of thiazole rings is 1. The largest absolute Gasteiger partial charge is 0.361 e. The number of thioether (sulfide) groups is 1. The van der Waals surface area contributed by atoms with Gasteiger partial charge in [0.15, 0.2) is 5.78 Å². The number of hydrogen-bond donors (Lipinski definition) is 3. The molecule has 3 N–H and O–H groups in total. The van der Waals surface area contributed by atoms with Crippen LogP contribution in [0.4, 0.5) is 0 Å². The summed E-state index contributed by atoms with van der Waals surface area (Å²) in [6.45, 7) is 7.48. The van der Waals surface area contributed by atoms with Crippen LogP contribution in [-0.2, 0) is 19.1 Å². The predicted molar refractivity (Wildman–Crippen MR) is 120 cm³/mol. The van der Waals surface area contributed by atoms with Gasteiger partial charge in [-0.15, -0.1) is 11.3 Å². The second-order valence-electron chi connectivity index (χ2n) is 8.08. The van der Waals surface area contributed by atoms with Gasteiger partial charge in [-0.1, -0.05) is 13.8 Å². The SMILES string of the molecule is CSC[C@@H](NC(=O)c1cnc(C)s1)C(=O)NCC(=O)N[C@@H](CC(C)C)C(=O)[C@@]1(C)CO1. The standard InChI is InChI=1S/C20H30N4O5S2/c1-11(2)6-13(17(26)20(4)10-29-20)23-16(25)8-22-18(27)14(9-30-5)24-19(28)15-7-21-12(3)31-15/h7,11,13-14H,6,8-10H2,1-5H3,(H,22,27)(H,23,25)(H,24,28)/t13-,14+,20+/m0/s1. The number of aromatic nitrogens is 1. The van der Waals surface area contributed by atoms with Crippen LogP contribution < -0.4 is 16.0 Å². The van der Waals surface area contributed by atoms with Gasteiger partial charge in [0.1, 0.15) is 16.5 Å². The Bertz CT molecular complexity index is 822. The maximum atomic E-state index is 12.6. The Hall–Kier alpha value is -1.98. The first-order valence-corrected chi connectivity index (χ1v) is 12.2. The van der Waals surface area contributed by atoms with E-state index >= 15 is 0 Å². The highest BCUT2D eigenvalue weighted by Gasteiger charge is 2.50. The van der Waals surface area contributed by atoms with E-state index in [1.54, 1.807) is 13.8 Å². The number of carbonyl (C=O) groups is 4. The normalized spacial score (nSPS) is 19.4. The molecule has 3 atom stereocenters. The Morgan fingerprint density at radius 1 is 1.26 bits per heavy atom. The highest BCUT2D eigenvalue weighted by Crippen LogP contribution is 2.29. The Morgan fingerprint density at radius 3 is 2.45 bits per heavy atom. The molecule has 9 nitrogen and oxygen atoms in total. The van der Waals surface area contributed by atoms with Crippen LogP contribution in [0.2, 0.25) is 0 Å². The summed E-state index contributed by atoms with van der Waals surface area (Å²) < 4.78 is 5.22. The number of ether oxygens (including phenoxy) is 1. The maximum Gasteiger partial charge on any atom is 0.263 e. The molecule has 1 aliphatic heterocycles. The smallest absolute Gasteiger partial charge is 0.263 e. The van der Waals surface area contributed by atoms with Crippen molar-refractivity contribution in [3.05, 3.63) is 16.1 Å². The molecule has 3 amide bonds. The molecule has 2 rings (SSSR count). The summed E-state index contributed by atoms with van der Waals surface area (Å²) in [7, 11) is 0. The van der Waals surface area contributed by atoms with E-state index in [-0.39, 0.29) is 24.2 Å². The molecule has 1 aromatic rings. The summed E-state index contributed by atoms with van der Waals surface area (Å²) in [5, 5.41) is 8.69. The van der Waals surface area contributed by atoms with E-state index in [0.29, 0.717) is 23.7 Å². The van der Waals surface area contributed by atoms with E-state index in [4.69, 9.17) is 4.74 Å². The van der Waals surface area contributed by atoms with Gasteiger partial charge in [0.2, 0.25) is 11.8 Å². The van der Waals surface area contributed by atoms with E-state index in [9.17, 15) is 19.2 Å². The minimum Gasteiger partial charge on any atom is -0.361 e. The lowest BCUT2D eigenvalue weighted by atomic mass is 9.93. The molecule has 1 aromatic heterocycles. The van der Waals surface area contributed by atoms with E-state index in [1.165, 1.54) is 29.3 Å². The number of nitrogens with zero attached hydrogens (tertiary/aromatic N) is 1. The maximum absolute atomic E-state index is 12.6. The summed E-state index contributed by atoms with van der Waals surface area (Å²) in [6, 6.07) is -1.47. The van der Waals surface area contributed by atoms with Crippen molar-refractivity contribution in [1.82, 2.24) is 20.9 Å². The lowest BCUT2D eigenvalue weighted by Gasteiger charge is -2.22. The lowest BCUT2D eigenvalue weighted by molar-refractivity contribution is -0.131. The van der Waals surface area contributed by atoms with Crippen molar-refractivity contribution in [2.75, 3.05) is 25.2 Å². The average molecular weight is 471 g/mol. The van der Waals surface area contributed by atoms with E-state index in [2.05, 4.69) is 20.9 Å². The molecule has 0 aliphatic carbocycles. The summed E-state index contributed by atoms with van der Waals surface area (Å²) in [5.74, 6) is -0.936. The fourth-order valence-corrected chi connectivity index (χ4v) is 4.15. The lowest BCUT2D eigenvalue weighted by Crippen LogP contribution is -2.52. The molecule has 1 aliphatic rings. The number of amides is 3. The van der Waals surface area contributed by atoms with E-state index in [0.717, 1.165) is 5.01 Å². The molecule has 0 radical (unpaired) electrons. The fraction of sp³-hybridized carbons (Fsp3) is 0.650. The zero-order valence-electron chi connectivity index (χ0n) is 18.4. The van der Waals surface area contributed by atoms with Crippen LogP contribution in [0.3, 0.4) is 0 Å². The molecule has 0 saturated carbocycles. The minimum absolute atomic E-state index is 0.159. The van der Waals surface area contributed by atoms with Crippen LogP contribution in [0, 0.1) is 12.8 Å².